The van der Waals surface area contributed by atoms with Crippen LogP contribution in [0.4, 0.5) is 5.69 Å². The van der Waals surface area contributed by atoms with Crippen molar-refractivity contribution in [3.05, 3.63) is 171 Å². The average Bonchev–Trinajstić information content (AvgIpc) is 3.33. The molecule has 8 nitrogen and oxygen atoms in total. The summed E-state index contributed by atoms with van der Waals surface area (Å²) >= 11 is 5.63. The lowest BCUT2D eigenvalue weighted by Gasteiger charge is -2.41. The maximum Gasteiger partial charge on any atom is 0.337 e. The van der Waals surface area contributed by atoms with Crippen LogP contribution in [0.3, 0.4) is 0 Å². The maximum absolute atomic E-state index is 11.5. The monoisotopic (exact) mass is 915 g/mol. The van der Waals surface area contributed by atoms with Crippen molar-refractivity contribution in [3.63, 3.8) is 0 Å². The summed E-state index contributed by atoms with van der Waals surface area (Å²) in [5.41, 5.74) is 17.2. The minimum Gasteiger partial charge on any atom is -0.478 e. The van der Waals surface area contributed by atoms with E-state index in [4.69, 9.17) is 31.9 Å². The van der Waals surface area contributed by atoms with E-state index in [-0.39, 0.29) is 29.0 Å². The van der Waals surface area contributed by atoms with Crippen molar-refractivity contribution in [3.8, 4) is 34.8 Å². The van der Waals surface area contributed by atoms with E-state index in [1.165, 1.54) is 31.8 Å². The first-order valence-corrected chi connectivity index (χ1v) is 23.0. The molecule has 4 aromatic rings. The second-order valence-electron chi connectivity index (χ2n) is 18.2. The molecule has 3 N–H and O–H groups in total. The fraction of sp³-hybridized carbons (Fsp3) is 0.310. The van der Waals surface area contributed by atoms with Gasteiger partial charge in [-0.1, -0.05) is 105 Å². The first-order chi connectivity index (χ1) is 32.0. The highest BCUT2D eigenvalue weighted by Crippen LogP contribution is 2.48. The molecule has 0 amide bonds. The Morgan fingerprint density at radius 2 is 0.985 bits per heavy atom. The van der Waals surface area contributed by atoms with Crippen molar-refractivity contribution < 1.29 is 33.8 Å². The first-order valence-electron chi connectivity index (χ1n) is 22.6. The number of carbonyl (C=O) groups is 4. The van der Waals surface area contributed by atoms with Crippen LogP contribution in [0.25, 0.3) is 11.1 Å². The lowest BCUT2D eigenvalue weighted by Crippen LogP contribution is -2.34. The molecule has 0 heterocycles. The molecule has 0 aromatic heterocycles. The van der Waals surface area contributed by atoms with E-state index in [0.29, 0.717) is 57.9 Å². The number of carboxylic acid groups (broad SMARTS) is 1. The molecular weight excluding hydrogens is 858 g/mol. The van der Waals surface area contributed by atoms with E-state index in [2.05, 4.69) is 83.5 Å². The number of aliphatic carboxylic acids is 1. The molecule has 6 aliphatic carbocycles. The van der Waals surface area contributed by atoms with Crippen molar-refractivity contribution in [2.45, 2.75) is 54.4 Å². The molecule has 0 spiro atoms. The van der Waals surface area contributed by atoms with Gasteiger partial charge in [0, 0.05) is 56.5 Å². The number of hydrogen-bond donors (Lipinski definition) is 2. The van der Waals surface area contributed by atoms with Crippen LogP contribution in [0.5, 0.6) is 0 Å². The first kappa shape index (κ1) is 49.6. The third-order valence-corrected chi connectivity index (χ3v) is 13.5. The fourth-order valence-electron chi connectivity index (χ4n) is 9.33. The minimum atomic E-state index is -0.737. The van der Waals surface area contributed by atoms with Gasteiger partial charge in [0.15, 0.2) is 0 Å². The molecule has 6 aliphatic rings. The van der Waals surface area contributed by atoms with Gasteiger partial charge in [-0.15, -0.1) is 0 Å². The van der Waals surface area contributed by atoms with E-state index in [1.807, 2.05) is 48.5 Å². The summed E-state index contributed by atoms with van der Waals surface area (Å²) in [7, 11) is 2.70. The van der Waals surface area contributed by atoms with Crippen LogP contribution in [0.2, 0.25) is 0 Å². The minimum absolute atomic E-state index is 0.146. The highest BCUT2D eigenvalue weighted by molar-refractivity contribution is 6.67. The summed E-state index contributed by atoms with van der Waals surface area (Å²) in [6.07, 6.45) is 10.8. The molecule has 9 heteroatoms. The van der Waals surface area contributed by atoms with Gasteiger partial charge in [-0.2, -0.15) is 0 Å². The molecule has 10 rings (SSSR count). The van der Waals surface area contributed by atoms with Gasteiger partial charge >= 0.3 is 17.9 Å². The third kappa shape index (κ3) is 12.1. The van der Waals surface area contributed by atoms with Gasteiger partial charge in [0.2, 0.25) is 5.24 Å². The maximum atomic E-state index is 11.5. The molecule has 344 valence electrons. The summed E-state index contributed by atoms with van der Waals surface area (Å²) in [5, 5.41) is 8.88. The number of carboxylic acids is 1. The van der Waals surface area contributed by atoms with Crippen LogP contribution in [0, 0.1) is 71.0 Å². The van der Waals surface area contributed by atoms with Crippen LogP contribution in [0.1, 0.15) is 97.4 Å². The highest BCUT2D eigenvalue weighted by atomic mass is 35.5. The Kier molecular flexibility index (Phi) is 16.3. The zero-order chi connectivity index (χ0) is 48.5. The number of nitrogen functional groups attached to an aromatic ring is 1. The number of hydrogen-bond acceptors (Lipinski definition) is 7. The molecule has 0 fully saturated rings. The Bertz CT molecular complexity index is 2700. The van der Waals surface area contributed by atoms with Gasteiger partial charge in [-0.3, -0.25) is 4.79 Å². The number of nitrogens with two attached hydrogens (primary N) is 1. The predicted molar refractivity (Wildman–Crippen MR) is 266 cm³/mol. The third-order valence-electron chi connectivity index (χ3n) is 13.3. The molecule has 0 saturated heterocycles. The number of esters is 2. The summed E-state index contributed by atoms with van der Waals surface area (Å²) in [4.78, 5) is 45.5. The zero-order valence-corrected chi connectivity index (χ0v) is 40.1. The van der Waals surface area contributed by atoms with Crippen LogP contribution in [-0.4, -0.2) is 42.5 Å². The smallest absolute Gasteiger partial charge is 0.337 e. The lowest BCUT2D eigenvalue weighted by molar-refractivity contribution is -0.133. The van der Waals surface area contributed by atoms with Crippen molar-refractivity contribution >= 4 is 40.4 Å². The predicted octanol–water partition coefficient (Wildman–Crippen LogP) is 11.7. The molecule has 4 unspecified atom stereocenters. The van der Waals surface area contributed by atoms with Gasteiger partial charge in [0.1, 0.15) is 0 Å². The molecule has 0 radical (unpaired) electrons. The molecule has 4 bridgehead atoms. The standard InChI is InChI=1S/C32H23NO4.C13H17ClO.C13H18O2/c1-36-31(34)27-16-9-23(10-17-27)4-3-22-7-14-26(15-8-22)29-20-13-25(21-30(29)33)6-5-24-11-18-28(19-12-24)32(35)37-2;2*1-7(2)10-5-9-6-12(13(14)15)11(10)4-8(9)3/h7-21H,33H2,1-2H3;4,6-7,9-11H,5H2,1-3H3;4,6-7,9-11H,5H2,1-3H3,(H,14,15)/t;2*9-,10?,11?/m.00/s1. The van der Waals surface area contributed by atoms with Gasteiger partial charge in [-0.05, 0) is 152 Å². The molecular formula is C58H58ClNO7. The van der Waals surface area contributed by atoms with Crippen LogP contribution >= 0.6 is 11.6 Å². The summed E-state index contributed by atoms with van der Waals surface area (Å²) in [6, 6.07) is 27.4. The molecule has 4 aromatic carbocycles. The Labute approximate surface area is 400 Å². The molecule has 67 heavy (non-hydrogen) atoms. The number of halogens is 1. The van der Waals surface area contributed by atoms with Crippen molar-refractivity contribution in [1.29, 1.82) is 0 Å². The van der Waals surface area contributed by atoms with E-state index in [0.717, 1.165) is 45.4 Å². The quantitative estimate of drug-likeness (QED) is 0.0616. The summed E-state index contributed by atoms with van der Waals surface area (Å²) in [6.45, 7) is 13.1. The van der Waals surface area contributed by atoms with Gasteiger partial charge in [0.05, 0.1) is 25.3 Å². The van der Waals surface area contributed by atoms with Crippen molar-refractivity contribution in [2.75, 3.05) is 20.0 Å². The number of fused-ring (bicyclic) bond motifs is 2. The topological polar surface area (TPSA) is 133 Å². The molecule has 0 aliphatic heterocycles. The van der Waals surface area contributed by atoms with Crippen molar-refractivity contribution in [1.82, 2.24) is 0 Å². The number of anilines is 1. The van der Waals surface area contributed by atoms with Crippen LogP contribution in [-0.2, 0) is 19.1 Å². The summed E-state index contributed by atoms with van der Waals surface area (Å²) < 4.78 is 9.42. The normalized spacial score (nSPS) is 20.6. The number of ether oxygens (including phenoxy) is 2. The van der Waals surface area contributed by atoms with E-state index in [1.54, 1.807) is 48.5 Å². The number of allylic oxidation sites excluding steroid dienone is 7. The van der Waals surface area contributed by atoms with Crippen LogP contribution < -0.4 is 5.73 Å². The Morgan fingerprint density at radius 1 is 0.597 bits per heavy atom. The van der Waals surface area contributed by atoms with Gasteiger partial charge < -0.3 is 20.3 Å². The number of rotatable bonds is 7. The van der Waals surface area contributed by atoms with E-state index in [9.17, 15) is 19.2 Å². The number of methoxy groups -OCH3 is 2. The average molecular weight is 917 g/mol. The number of benzene rings is 4. The Morgan fingerprint density at radius 3 is 1.36 bits per heavy atom. The summed E-state index contributed by atoms with van der Waals surface area (Å²) in [5.74, 6) is 14.4. The number of carbonyl (C=O) groups excluding carboxylic acids is 3. The van der Waals surface area contributed by atoms with Gasteiger partial charge in [-0.25, -0.2) is 14.4 Å². The Hall–Kier alpha value is -6.87. The van der Waals surface area contributed by atoms with Crippen molar-refractivity contribution in [2.24, 2.45) is 47.3 Å². The van der Waals surface area contributed by atoms with E-state index >= 15 is 0 Å². The fourth-order valence-corrected chi connectivity index (χ4v) is 9.52. The van der Waals surface area contributed by atoms with Gasteiger partial charge in [0.25, 0.3) is 0 Å². The van der Waals surface area contributed by atoms with Crippen LogP contribution in [0.15, 0.2) is 138 Å². The lowest BCUT2D eigenvalue weighted by atomic mass is 9.63. The highest BCUT2D eigenvalue weighted by Gasteiger charge is 2.40. The second kappa shape index (κ2) is 22.1. The molecule has 0 saturated carbocycles. The van der Waals surface area contributed by atoms with E-state index < -0.39 is 5.97 Å². The SMILES string of the molecule is CC1=CC2C(C(=O)Cl)=C[C@@H]1CC2C(C)C.CC1=CC2C(C(=O)O)=C[C@@H]1CC2C(C)C.COC(=O)c1ccc(C#Cc2ccc(-c3ccc(C#Cc4ccc(C(=O)OC)cc4)cc3N)cc2)cc1. The Balaban J connectivity index is 0.000000200. The second-order valence-corrected chi connectivity index (χ2v) is 18.6. The zero-order valence-electron chi connectivity index (χ0n) is 39.4. The largest absolute Gasteiger partial charge is 0.478 e. The molecule has 6 atom stereocenters.